The molecule has 180 valence electrons. The van der Waals surface area contributed by atoms with E-state index in [4.69, 9.17) is 28.3 Å². The molecule has 4 aromatic heterocycles. The van der Waals surface area contributed by atoms with E-state index < -0.39 is 16.8 Å². The fourth-order valence-electron chi connectivity index (χ4n) is 4.25. The van der Waals surface area contributed by atoms with Crippen LogP contribution >= 0.6 is 0 Å². The Bertz CT molecular complexity index is 1520. The number of nitrogens with one attached hydrogen (secondary N) is 2. The summed E-state index contributed by atoms with van der Waals surface area (Å²) in [6, 6.07) is 5.49. The van der Waals surface area contributed by atoms with Crippen LogP contribution in [0.2, 0.25) is 0 Å². The second-order valence-corrected chi connectivity index (χ2v) is 9.34. The van der Waals surface area contributed by atoms with E-state index in [2.05, 4.69) is 35.6 Å². The summed E-state index contributed by atoms with van der Waals surface area (Å²) in [4.78, 5) is 27.8. The molecule has 0 unspecified atom stereocenters. The standard InChI is InChI=1S/C23H20B3FN8O2/c24-23(25,26)32-19-15-10-28-17(30-21(36)22(27)3-4-22)9-14(15)16(11-29-19)20-31-18-2-1-13(12-35(18)33-20)34-5-7-37-8-6-34/h1-2,9-12H,3-8H2,(H,29,32)(H,28,30,36). The highest BCUT2D eigenvalue weighted by molar-refractivity contribution is 6.60. The number of rotatable bonds is 6. The number of anilines is 3. The predicted molar refractivity (Wildman–Crippen MR) is 140 cm³/mol. The molecule has 10 nitrogen and oxygen atoms in total. The summed E-state index contributed by atoms with van der Waals surface area (Å²) in [5.41, 5.74) is 0.370. The summed E-state index contributed by atoms with van der Waals surface area (Å²) in [6.07, 6.45) is 5.33. The third-order valence-electron chi connectivity index (χ3n) is 6.38. The quantitative estimate of drug-likeness (QED) is 0.387. The van der Waals surface area contributed by atoms with Crippen LogP contribution in [-0.4, -0.2) is 91.2 Å². The molecule has 1 saturated heterocycles. The van der Waals surface area contributed by atoms with Gasteiger partial charge in [0.1, 0.15) is 11.6 Å². The monoisotopic (exact) mass is 492 g/mol. The van der Waals surface area contributed by atoms with E-state index in [1.165, 1.54) is 6.20 Å². The lowest BCUT2D eigenvalue weighted by molar-refractivity contribution is -0.122. The molecule has 0 spiro atoms. The third kappa shape index (κ3) is 4.73. The van der Waals surface area contributed by atoms with Crippen LogP contribution < -0.4 is 15.5 Å². The van der Waals surface area contributed by atoms with E-state index in [0.717, 1.165) is 18.8 Å². The van der Waals surface area contributed by atoms with Crippen LogP contribution in [0.1, 0.15) is 12.8 Å². The van der Waals surface area contributed by atoms with Gasteiger partial charge in [0, 0.05) is 41.8 Å². The lowest BCUT2D eigenvalue weighted by Crippen LogP contribution is -2.40. The summed E-state index contributed by atoms with van der Waals surface area (Å²) >= 11 is 0. The van der Waals surface area contributed by atoms with Crippen molar-refractivity contribution in [1.82, 2.24) is 24.6 Å². The van der Waals surface area contributed by atoms with Crippen LogP contribution in [0.3, 0.4) is 0 Å². The molecule has 0 bridgehead atoms. The van der Waals surface area contributed by atoms with Gasteiger partial charge in [-0.3, -0.25) is 4.79 Å². The first-order valence-electron chi connectivity index (χ1n) is 11.8. The number of halogens is 1. The van der Waals surface area contributed by atoms with Gasteiger partial charge in [-0.2, -0.15) is 0 Å². The normalized spacial score (nSPS) is 17.2. The Hall–Kier alpha value is -3.67. The Morgan fingerprint density at radius 1 is 1.11 bits per heavy atom. The highest BCUT2D eigenvalue weighted by Gasteiger charge is 2.51. The van der Waals surface area contributed by atoms with Crippen molar-refractivity contribution in [2.75, 3.05) is 41.8 Å². The number of alkyl halides is 1. The SMILES string of the molecule is [B]C([B])([B])Nc1ncc(-c2nc3ccc(N4CCOCC4)cn3n2)c2cc(NC(=O)C3(F)CC3)ncc12. The largest absolute Gasteiger partial charge is 0.389 e. The predicted octanol–water partition coefficient (Wildman–Crippen LogP) is 1.15. The molecule has 0 atom stereocenters. The van der Waals surface area contributed by atoms with Gasteiger partial charge in [-0.15, -0.1) is 5.10 Å². The van der Waals surface area contributed by atoms with Gasteiger partial charge in [0.2, 0.25) is 0 Å². The van der Waals surface area contributed by atoms with E-state index in [9.17, 15) is 9.18 Å². The third-order valence-corrected chi connectivity index (χ3v) is 6.38. The topological polar surface area (TPSA) is 110 Å². The van der Waals surface area contributed by atoms with Crippen molar-refractivity contribution in [2.24, 2.45) is 0 Å². The fraction of sp³-hybridized carbons (Fsp3) is 0.348. The molecule has 0 aromatic carbocycles. The van der Waals surface area contributed by atoms with Crippen LogP contribution in [0.5, 0.6) is 0 Å². The number of amides is 1. The first kappa shape index (κ1) is 23.7. The number of hydrogen-bond acceptors (Lipinski definition) is 8. The second-order valence-electron chi connectivity index (χ2n) is 9.34. The summed E-state index contributed by atoms with van der Waals surface area (Å²) in [5.74, 6) is 0.131. The number of carbonyl (C=O) groups excluding carboxylic acids is 1. The van der Waals surface area contributed by atoms with Crippen molar-refractivity contribution >= 4 is 63.2 Å². The van der Waals surface area contributed by atoms with Crippen LogP contribution in [0, 0.1) is 0 Å². The zero-order valence-electron chi connectivity index (χ0n) is 19.8. The number of fused-ring (bicyclic) bond motifs is 2. The molecule has 5 heterocycles. The number of pyridine rings is 3. The molecular weight excluding hydrogens is 472 g/mol. The smallest absolute Gasteiger partial charge is 0.263 e. The highest BCUT2D eigenvalue weighted by Crippen LogP contribution is 2.41. The maximum atomic E-state index is 14.2. The van der Waals surface area contributed by atoms with Gasteiger partial charge in [0.15, 0.2) is 17.1 Å². The van der Waals surface area contributed by atoms with Gasteiger partial charge in [-0.05, 0) is 31.0 Å². The molecule has 14 heteroatoms. The molecule has 1 aliphatic heterocycles. The lowest BCUT2D eigenvalue weighted by Gasteiger charge is -2.28. The van der Waals surface area contributed by atoms with Crippen molar-refractivity contribution < 1.29 is 13.9 Å². The number of carbonyl (C=O) groups is 1. The Morgan fingerprint density at radius 2 is 1.89 bits per heavy atom. The fourth-order valence-corrected chi connectivity index (χ4v) is 4.25. The van der Waals surface area contributed by atoms with Crippen LogP contribution in [0.4, 0.5) is 21.7 Å². The average molecular weight is 492 g/mol. The Morgan fingerprint density at radius 3 is 2.62 bits per heavy atom. The van der Waals surface area contributed by atoms with Crippen molar-refractivity contribution in [2.45, 2.75) is 23.7 Å². The minimum absolute atomic E-state index is 0.178. The van der Waals surface area contributed by atoms with E-state index in [1.54, 1.807) is 16.8 Å². The van der Waals surface area contributed by atoms with Crippen molar-refractivity contribution in [3.05, 3.63) is 36.8 Å². The second kappa shape index (κ2) is 8.72. The summed E-state index contributed by atoms with van der Waals surface area (Å²) in [6.45, 7) is 2.93. The van der Waals surface area contributed by atoms with Gasteiger partial charge >= 0.3 is 0 Å². The summed E-state index contributed by atoms with van der Waals surface area (Å²) < 4.78 is 21.4. The number of hydrogen-bond donors (Lipinski definition) is 2. The van der Waals surface area contributed by atoms with Gasteiger partial charge in [0.05, 0.1) is 48.6 Å². The van der Waals surface area contributed by atoms with Crippen LogP contribution in [-0.2, 0) is 9.53 Å². The summed E-state index contributed by atoms with van der Waals surface area (Å²) in [7, 11) is 17.2. The minimum atomic E-state index is -1.84. The van der Waals surface area contributed by atoms with E-state index in [1.807, 2.05) is 18.3 Å². The molecule has 1 aliphatic carbocycles. The molecule has 2 fully saturated rings. The molecule has 37 heavy (non-hydrogen) atoms. The number of aromatic nitrogens is 5. The minimum Gasteiger partial charge on any atom is -0.389 e. The number of morpholine rings is 1. The highest BCUT2D eigenvalue weighted by atomic mass is 19.1. The van der Waals surface area contributed by atoms with Gasteiger partial charge < -0.3 is 20.3 Å². The molecule has 4 aromatic rings. The van der Waals surface area contributed by atoms with Crippen molar-refractivity contribution in [3.8, 4) is 11.4 Å². The maximum absolute atomic E-state index is 14.2. The van der Waals surface area contributed by atoms with Crippen molar-refractivity contribution in [1.29, 1.82) is 0 Å². The molecule has 1 amide bonds. The first-order valence-corrected chi connectivity index (χ1v) is 11.8. The maximum Gasteiger partial charge on any atom is 0.263 e. The molecule has 2 aliphatic rings. The zero-order chi connectivity index (χ0) is 25.8. The molecule has 6 rings (SSSR count). The molecule has 1 saturated carbocycles. The van der Waals surface area contributed by atoms with E-state index in [0.29, 0.717) is 41.0 Å². The summed E-state index contributed by atoms with van der Waals surface area (Å²) in [5, 5.41) is 9.33. The average Bonchev–Trinajstić information content (AvgIpc) is 3.49. The Balaban J connectivity index is 1.42. The zero-order valence-corrected chi connectivity index (χ0v) is 19.8. The van der Waals surface area contributed by atoms with Crippen molar-refractivity contribution in [3.63, 3.8) is 0 Å². The molecule has 2 N–H and O–H groups in total. The van der Waals surface area contributed by atoms with Gasteiger partial charge in [-0.25, -0.2) is 23.9 Å². The first-order chi connectivity index (χ1) is 17.7. The molecular formula is C23H20B3FN8O2. The van der Waals surface area contributed by atoms with Gasteiger partial charge in [0.25, 0.3) is 5.91 Å². The number of nitrogens with zero attached hydrogens (tertiary/aromatic N) is 6. The Kier molecular flexibility index (Phi) is 5.59. The van der Waals surface area contributed by atoms with E-state index in [-0.39, 0.29) is 24.5 Å². The van der Waals surface area contributed by atoms with Crippen LogP contribution in [0.15, 0.2) is 36.8 Å². The van der Waals surface area contributed by atoms with Crippen LogP contribution in [0.25, 0.3) is 27.8 Å². The van der Waals surface area contributed by atoms with Gasteiger partial charge in [-0.1, -0.05) is 5.24 Å². The molecule has 6 radical (unpaired) electrons. The Labute approximate surface area is 215 Å². The number of ether oxygens (including phenoxy) is 1. The van der Waals surface area contributed by atoms with E-state index >= 15 is 0 Å². The lowest BCUT2D eigenvalue weighted by atomic mass is 9.49.